The molecule has 5 nitrogen and oxygen atoms in total. The molecule has 3 N–H and O–H groups in total. The summed E-state index contributed by atoms with van der Waals surface area (Å²) in [5, 5.41) is 2.93. The average Bonchev–Trinajstić information content (AvgIpc) is 2.39. The van der Waals surface area contributed by atoms with Crippen LogP contribution < -0.4 is 11.1 Å². The predicted molar refractivity (Wildman–Crippen MR) is 78.9 cm³/mol. The number of ether oxygens (including phenoxy) is 1. The monoisotopic (exact) mass is 298 g/mol. The fourth-order valence-corrected chi connectivity index (χ4v) is 1.91. The second-order valence-electron chi connectivity index (χ2n) is 4.91. The first-order valence-corrected chi connectivity index (χ1v) is 6.67. The fourth-order valence-electron chi connectivity index (χ4n) is 1.72. The summed E-state index contributed by atoms with van der Waals surface area (Å²) in [6, 6.07) is 4.01. The molecule has 0 spiro atoms. The van der Waals surface area contributed by atoms with Crippen molar-refractivity contribution in [3.05, 3.63) is 28.8 Å². The molecular weight excluding hydrogens is 280 g/mol. The maximum atomic E-state index is 11.9. The van der Waals surface area contributed by atoms with Crippen LogP contribution in [0.3, 0.4) is 0 Å². The van der Waals surface area contributed by atoms with Crippen LogP contribution in [0.5, 0.6) is 0 Å². The molecule has 0 saturated carbocycles. The molecule has 0 bridgehead atoms. The number of nitrogens with one attached hydrogen (secondary N) is 1. The van der Waals surface area contributed by atoms with Crippen molar-refractivity contribution in [2.75, 3.05) is 12.4 Å². The van der Waals surface area contributed by atoms with Crippen LogP contribution in [0.25, 0.3) is 0 Å². The molecule has 1 aromatic carbocycles. The van der Waals surface area contributed by atoms with E-state index in [1.54, 1.807) is 6.07 Å². The summed E-state index contributed by atoms with van der Waals surface area (Å²) >= 11 is 5.90. The van der Waals surface area contributed by atoms with Gasteiger partial charge < -0.3 is 15.8 Å². The molecule has 6 heteroatoms. The van der Waals surface area contributed by atoms with Crippen molar-refractivity contribution in [1.82, 2.24) is 0 Å². The van der Waals surface area contributed by atoms with Crippen LogP contribution in [-0.2, 0) is 9.53 Å². The van der Waals surface area contributed by atoms with Gasteiger partial charge >= 0.3 is 5.97 Å². The largest absolute Gasteiger partial charge is 0.465 e. The van der Waals surface area contributed by atoms with Crippen LogP contribution >= 0.6 is 11.6 Å². The van der Waals surface area contributed by atoms with Gasteiger partial charge in [0.1, 0.15) is 0 Å². The number of amides is 1. The highest BCUT2D eigenvalue weighted by atomic mass is 35.5. The predicted octanol–water partition coefficient (Wildman–Crippen LogP) is 2.44. The lowest BCUT2D eigenvalue weighted by molar-refractivity contribution is -0.117. The van der Waals surface area contributed by atoms with E-state index in [9.17, 15) is 9.59 Å². The highest BCUT2D eigenvalue weighted by Crippen LogP contribution is 2.21. The molecule has 110 valence electrons. The van der Waals surface area contributed by atoms with Gasteiger partial charge in [0.05, 0.1) is 23.7 Å². The van der Waals surface area contributed by atoms with Gasteiger partial charge in [-0.3, -0.25) is 4.79 Å². The minimum Gasteiger partial charge on any atom is -0.465 e. The summed E-state index contributed by atoms with van der Waals surface area (Å²) in [5.41, 5.74) is 6.45. The molecule has 0 aliphatic rings. The van der Waals surface area contributed by atoms with E-state index in [2.05, 4.69) is 10.1 Å². The Balaban J connectivity index is 2.83. The number of hydrogen-bond donors (Lipinski definition) is 2. The molecule has 0 aliphatic carbocycles. The van der Waals surface area contributed by atoms with Gasteiger partial charge in [-0.15, -0.1) is 0 Å². The summed E-state index contributed by atoms with van der Waals surface area (Å²) in [4.78, 5) is 23.4. The highest BCUT2D eigenvalue weighted by Gasteiger charge is 2.17. The van der Waals surface area contributed by atoms with E-state index >= 15 is 0 Å². The van der Waals surface area contributed by atoms with E-state index in [4.69, 9.17) is 17.3 Å². The normalized spacial score (nSPS) is 12.1. The van der Waals surface area contributed by atoms with Crippen molar-refractivity contribution in [3.8, 4) is 0 Å². The van der Waals surface area contributed by atoms with Crippen molar-refractivity contribution in [1.29, 1.82) is 0 Å². The zero-order chi connectivity index (χ0) is 15.3. The Morgan fingerprint density at radius 2 is 2.05 bits per heavy atom. The molecule has 1 rings (SSSR count). The first-order valence-electron chi connectivity index (χ1n) is 6.29. The summed E-state index contributed by atoms with van der Waals surface area (Å²) < 4.78 is 4.62. The molecule has 0 saturated heterocycles. The van der Waals surface area contributed by atoms with Gasteiger partial charge in [0.2, 0.25) is 5.91 Å². The summed E-state index contributed by atoms with van der Waals surface area (Å²) in [5.74, 6) is -0.527. The zero-order valence-electron chi connectivity index (χ0n) is 11.8. The van der Waals surface area contributed by atoms with Gasteiger partial charge in [-0.2, -0.15) is 0 Å². The van der Waals surface area contributed by atoms with Crippen LogP contribution in [0.2, 0.25) is 5.02 Å². The number of benzene rings is 1. The van der Waals surface area contributed by atoms with E-state index in [0.29, 0.717) is 18.0 Å². The Morgan fingerprint density at radius 3 is 2.60 bits per heavy atom. The third kappa shape index (κ3) is 4.51. The molecule has 0 fully saturated rings. The molecule has 1 atom stereocenters. The molecule has 20 heavy (non-hydrogen) atoms. The Morgan fingerprint density at radius 1 is 1.40 bits per heavy atom. The summed E-state index contributed by atoms with van der Waals surface area (Å²) in [6.07, 6.45) is 0.587. The van der Waals surface area contributed by atoms with Gasteiger partial charge in [0.25, 0.3) is 0 Å². The van der Waals surface area contributed by atoms with Gasteiger partial charge in [-0.05, 0) is 30.5 Å². The maximum absolute atomic E-state index is 11.9. The Hall–Kier alpha value is -1.59. The Bertz CT molecular complexity index is 503. The van der Waals surface area contributed by atoms with E-state index in [1.807, 2.05) is 13.8 Å². The second-order valence-corrected chi connectivity index (χ2v) is 5.32. The molecule has 0 radical (unpaired) electrons. The van der Waals surface area contributed by atoms with Gasteiger partial charge in [0.15, 0.2) is 0 Å². The molecule has 0 aliphatic heterocycles. The minimum absolute atomic E-state index is 0.199. The van der Waals surface area contributed by atoms with Crippen molar-refractivity contribution in [3.63, 3.8) is 0 Å². The lowest BCUT2D eigenvalue weighted by Crippen LogP contribution is -2.36. The number of hydrogen-bond acceptors (Lipinski definition) is 4. The van der Waals surface area contributed by atoms with E-state index in [-0.39, 0.29) is 16.5 Å². The number of nitrogens with two attached hydrogens (primary N) is 1. The van der Waals surface area contributed by atoms with Crippen LogP contribution in [-0.4, -0.2) is 25.0 Å². The van der Waals surface area contributed by atoms with Crippen LogP contribution in [0.1, 0.15) is 30.6 Å². The zero-order valence-corrected chi connectivity index (χ0v) is 12.5. The van der Waals surface area contributed by atoms with Gasteiger partial charge in [-0.25, -0.2) is 4.79 Å². The number of methoxy groups -OCH3 is 1. The first-order chi connectivity index (χ1) is 9.35. The third-order valence-electron chi connectivity index (χ3n) is 2.70. The van der Waals surface area contributed by atoms with Crippen molar-refractivity contribution >= 4 is 29.2 Å². The van der Waals surface area contributed by atoms with Crippen molar-refractivity contribution in [2.24, 2.45) is 11.7 Å². The second kappa shape index (κ2) is 7.26. The number of rotatable bonds is 5. The number of esters is 1. The number of halogens is 1. The number of carbonyl (C=O) groups is 2. The van der Waals surface area contributed by atoms with E-state index < -0.39 is 12.0 Å². The Kier molecular flexibility index (Phi) is 5.98. The van der Waals surface area contributed by atoms with Crippen LogP contribution in [0.15, 0.2) is 18.2 Å². The summed E-state index contributed by atoms with van der Waals surface area (Å²) in [7, 11) is 1.27. The molecule has 0 aromatic heterocycles. The SMILES string of the molecule is COC(=O)c1cc(NC(=O)[C@H](N)CC(C)C)ccc1Cl. The summed E-state index contributed by atoms with van der Waals surface area (Å²) in [6.45, 7) is 3.98. The lowest BCUT2D eigenvalue weighted by atomic mass is 10.0. The van der Waals surface area contributed by atoms with Crippen LogP contribution in [0, 0.1) is 5.92 Å². The minimum atomic E-state index is -0.591. The molecule has 0 unspecified atom stereocenters. The van der Waals surface area contributed by atoms with Gasteiger partial charge in [-0.1, -0.05) is 25.4 Å². The highest BCUT2D eigenvalue weighted by molar-refractivity contribution is 6.33. The molecule has 0 heterocycles. The standard InChI is InChI=1S/C14H19ClN2O3/c1-8(2)6-12(16)13(18)17-9-4-5-11(15)10(7-9)14(19)20-3/h4-5,7-8,12H,6,16H2,1-3H3,(H,17,18)/t12-/m1/s1. The number of anilines is 1. The van der Waals surface area contributed by atoms with Gasteiger partial charge in [0, 0.05) is 5.69 Å². The van der Waals surface area contributed by atoms with Crippen LogP contribution in [0.4, 0.5) is 5.69 Å². The van der Waals surface area contributed by atoms with E-state index in [0.717, 1.165) is 0 Å². The smallest absolute Gasteiger partial charge is 0.339 e. The molecule has 1 aromatic rings. The molecular formula is C14H19ClN2O3. The molecule has 1 amide bonds. The maximum Gasteiger partial charge on any atom is 0.339 e. The number of carbonyl (C=O) groups excluding carboxylic acids is 2. The average molecular weight is 299 g/mol. The fraction of sp³-hybridized carbons (Fsp3) is 0.429. The first kappa shape index (κ1) is 16.5. The quantitative estimate of drug-likeness (QED) is 0.818. The van der Waals surface area contributed by atoms with E-state index in [1.165, 1.54) is 19.2 Å². The third-order valence-corrected chi connectivity index (χ3v) is 3.03. The van der Waals surface area contributed by atoms with Crippen molar-refractivity contribution < 1.29 is 14.3 Å². The topological polar surface area (TPSA) is 81.4 Å². The lowest BCUT2D eigenvalue weighted by Gasteiger charge is -2.14. The van der Waals surface area contributed by atoms with Crippen molar-refractivity contribution in [2.45, 2.75) is 26.3 Å². The Labute approximate surface area is 123 Å².